The average Bonchev–Trinajstić information content (AvgIpc) is 2.63. The number of aromatic amines is 1. The molecule has 0 atom stereocenters. The summed E-state index contributed by atoms with van der Waals surface area (Å²) < 4.78 is 53.3. The van der Waals surface area contributed by atoms with E-state index >= 15 is 0 Å². The monoisotopic (exact) mass is 385 g/mol. The third-order valence-corrected chi connectivity index (χ3v) is 5.99. The number of H-pyrrole nitrogens is 1. The van der Waals surface area contributed by atoms with Crippen molar-refractivity contribution in [1.82, 2.24) is 4.31 Å². The second kappa shape index (κ2) is 6.92. The molecule has 1 aliphatic rings. The van der Waals surface area contributed by atoms with Gasteiger partial charge in [-0.3, -0.25) is 15.0 Å². The van der Waals surface area contributed by atoms with Gasteiger partial charge < -0.3 is 0 Å². The molecule has 1 aromatic heterocycles. The van der Waals surface area contributed by atoms with Gasteiger partial charge in [-0.2, -0.15) is 4.31 Å². The van der Waals surface area contributed by atoms with Crippen LogP contribution >= 0.6 is 0 Å². The van der Waals surface area contributed by atoms with E-state index in [-0.39, 0.29) is 37.7 Å². The number of pyridine rings is 1. The van der Waals surface area contributed by atoms with Gasteiger partial charge >= 0.3 is 11.5 Å². The standard InChI is InChI=1S/C15H14F2N4O4S/c16-11-3-4-12(17)14(10-11)26(24,25)20-8-6-19(7-9-20)15-13(21(22)23)2-1-5-18-15/h1-5,10H,6-9H2/p+1. The number of sulfonamides is 1. The molecule has 0 spiro atoms. The summed E-state index contributed by atoms with van der Waals surface area (Å²) >= 11 is 0. The molecular formula is C15H15F2N4O4S+. The molecule has 0 aliphatic carbocycles. The van der Waals surface area contributed by atoms with Crippen molar-refractivity contribution in [2.24, 2.45) is 0 Å². The minimum atomic E-state index is -4.20. The van der Waals surface area contributed by atoms with Gasteiger partial charge in [-0.25, -0.2) is 22.2 Å². The van der Waals surface area contributed by atoms with Gasteiger partial charge in [0.2, 0.25) is 10.0 Å². The predicted octanol–water partition coefficient (Wildman–Crippen LogP) is 1.20. The Morgan fingerprint density at radius 1 is 1.12 bits per heavy atom. The quantitative estimate of drug-likeness (QED) is 0.582. The van der Waals surface area contributed by atoms with Gasteiger partial charge in [-0.15, -0.1) is 0 Å². The molecule has 1 N–H and O–H groups in total. The van der Waals surface area contributed by atoms with Crippen LogP contribution in [0.15, 0.2) is 41.4 Å². The zero-order chi connectivity index (χ0) is 18.9. The highest BCUT2D eigenvalue weighted by Crippen LogP contribution is 2.26. The van der Waals surface area contributed by atoms with Crippen molar-refractivity contribution >= 4 is 21.5 Å². The fraction of sp³-hybridized carbons (Fsp3) is 0.267. The molecule has 138 valence electrons. The molecule has 1 aromatic carbocycles. The SMILES string of the molecule is O=[N+]([O-])c1ccc[nH+]c1N1CCN(S(=O)(=O)c2cc(F)ccc2F)CC1. The Balaban J connectivity index is 1.81. The van der Waals surface area contributed by atoms with Crippen molar-refractivity contribution in [2.75, 3.05) is 31.1 Å². The highest BCUT2D eigenvalue weighted by molar-refractivity contribution is 7.89. The van der Waals surface area contributed by atoms with Crippen molar-refractivity contribution in [3.05, 3.63) is 58.3 Å². The van der Waals surface area contributed by atoms with Crippen LogP contribution in [0.4, 0.5) is 20.3 Å². The summed E-state index contributed by atoms with van der Waals surface area (Å²) in [5, 5.41) is 11.1. The van der Waals surface area contributed by atoms with Crippen LogP contribution in [0.5, 0.6) is 0 Å². The predicted molar refractivity (Wildman–Crippen MR) is 87.0 cm³/mol. The fourth-order valence-electron chi connectivity index (χ4n) is 2.79. The van der Waals surface area contributed by atoms with Crippen LogP contribution in [0.1, 0.15) is 0 Å². The molecule has 0 saturated carbocycles. The smallest absolute Gasteiger partial charge is 0.258 e. The molecule has 1 fully saturated rings. The molecule has 3 rings (SSSR count). The van der Waals surface area contributed by atoms with E-state index in [2.05, 4.69) is 4.98 Å². The van der Waals surface area contributed by atoms with Crippen LogP contribution in [-0.4, -0.2) is 43.8 Å². The van der Waals surface area contributed by atoms with E-state index in [9.17, 15) is 27.3 Å². The molecule has 26 heavy (non-hydrogen) atoms. The van der Waals surface area contributed by atoms with Gasteiger partial charge in [-0.1, -0.05) is 0 Å². The summed E-state index contributed by atoms with van der Waals surface area (Å²) in [5.74, 6) is -1.61. The second-order valence-electron chi connectivity index (χ2n) is 5.63. The topological polar surface area (TPSA) is 97.9 Å². The van der Waals surface area contributed by atoms with Crippen LogP contribution in [0.25, 0.3) is 0 Å². The lowest BCUT2D eigenvalue weighted by molar-refractivity contribution is -0.411. The summed E-state index contributed by atoms with van der Waals surface area (Å²) in [6, 6.07) is 5.09. The Kier molecular flexibility index (Phi) is 4.83. The van der Waals surface area contributed by atoms with Crippen molar-refractivity contribution in [3.8, 4) is 0 Å². The number of benzene rings is 1. The minimum absolute atomic E-state index is 0.0157. The Morgan fingerprint density at radius 2 is 1.81 bits per heavy atom. The fourth-order valence-corrected chi connectivity index (χ4v) is 4.28. The van der Waals surface area contributed by atoms with Crippen LogP contribution in [0.3, 0.4) is 0 Å². The van der Waals surface area contributed by atoms with E-state index in [4.69, 9.17) is 0 Å². The number of nitro groups is 1. The van der Waals surface area contributed by atoms with E-state index in [0.717, 1.165) is 16.4 Å². The zero-order valence-corrected chi connectivity index (χ0v) is 14.2. The summed E-state index contributed by atoms with van der Waals surface area (Å²) in [7, 11) is -4.20. The van der Waals surface area contributed by atoms with Crippen LogP contribution in [0.2, 0.25) is 0 Å². The lowest BCUT2D eigenvalue weighted by atomic mass is 10.3. The van der Waals surface area contributed by atoms with Crippen LogP contribution in [0, 0.1) is 21.7 Å². The van der Waals surface area contributed by atoms with Gasteiger partial charge in [0.25, 0.3) is 0 Å². The first-order valence-corrected chi connectivity index (χ1v) is 9.10. The van der Waals surface area contributed by atoms with E-state index in [1.54, 1.807) is 4.90 Å². The van der Waals surface area contributed by atoms with Gasteiger partial charge in [-0.05, 0) is 24.3 Å². The number of nitrogens with one attached hydrogen (secondary N) is 1. The maximum Gasteiger partial charge on any atom is 0.357 e. The van der Waals surface area contributed by atoms with Gasteiger partial charge in [0.1, 0.15) is 16.5 Å². The van der Waals surface area contributed by atoms with E-state index < -0.39 is 31.5 Å². The second-order valence-corrected chi connectivity index (χ2v) is 7.53. The average molecular weight is 385 g/mol. The van der Waals surface area contributed by atoms with E-state index in [1.807, 2.05) is 0 Å². The Hall–Kier alpha value is -2.66. The molecule has 0 unspecified atom stereocenters. The number of halogens is 2. The van der Waals surface area contributed by atoms with Crippen molar-refractivity contribution in [2.45, 2.75) is 4.90 Å². The number of anilines is 1. The van der Waals surface area contributed by atoms with Gasteiger partial charge in [0.05, 0.1) is 37.3 Å². The summed E-state index contributed by atoms with van der Waals surface area (Å²) in [6.45, 7) is 0.297. The Morgan fingerprint density at radius 3 is 2.46 bits per heavy atom. The first-order valence-electron chi connectivity index (χ1n) is 7.66. The molecular weight excluding hydrogens is 370 g/mol. The highest BCUT2D eigenvalue weighted by atomic mass is 32.2. The molecule has 2 aromatic rings. The number of hydrogen-bond donors (Lipinski definition) is 0. The largest absolute Gasteiger partial charge is 0.357 e. The molecule has 2 heterocycles. The zero-order valence-electron chi connectivity index (χ0n) is 13.4. The summed E-state index contributed by atoms with van der Waals surface area (Å²) in [6.07, 6.45) is 1.54. The summed E-state index contributed by atoms with van der Waals surface area (Å²) in [4.78, 5) is 14.3. The van der Waals surface area contributed by atoms with Crippen molar-refractivity contribution in [3.63, 3.8) is 0 Å². The maximum absolute atomic E-state index is 13.8. The molecule has 0 bridgehead atoms. The maximum atomic E-state index is 13.8. The normalized spacial score (nSPS) is 15.8. The molecule has 8 nitrogen and oxygen atoms in total. The molecule has 1 aliphatic heterocycles. The molecule has 1 saturated heterocycles. The van der Waals surface area contributed by atoms with E-state index in [1.165, 1.54) is 18.3 Å². The number of hydrogen-bond acceptors (Lipinski definition) is 5. The van der Waals surface area contributed by atoms with Gasteiger partial charge in [0.15, 0.2) is 0 Å². The van der Waals surface area contributed by atoms with Crippen molar-refractivity contribution in [1.29, 1.82) is 0 Å². The molecule has 0 amide bonds. The van der Waals surface area contributed by atoms with Crippen molar-refractivity contribution < 1.29 is 27.1 Å². The number of piperazine rings is 1. The Bertz CT molecular complexity index is 946. The molecule has 11 heteroatoms. The summed E-state index contributed by atoms with van der Waals surface area (Å²) in [5.41, 5.74) is -0.125. The lowest BCUT2D eigenvalue weighted by Gasteiger charge is -2.30. The van der Waals surface area contributed by atoms with Crippen LogP contribution < -0.4 is 9.88 Å². The number of aromatic nitrogens is 1. The number of rotatable bonds is 4. The Labute approximate surface area is 147 Å². The lowest BCUT2D eigenvalue weighted by Crippen LogP contribution is -2.50. The minimum Gasteiger partial charge on any atom is -0.258 e. The van der Waals surface area contributed by atoms with Crippen LogP contribution in [-0.2, 0) is 10.0 Å². The highest BCUT2D eigenvalue weighted by Gasteiger charge is 2.36. The van der Waals surface area contributed by atoms with E-state index in [0.29, 0.717) is 6.07 Å². The number of nitrogens with zero attached hydrogens (tertiary/aromatic N) is 3. The van der Waals surface area contributed by atoms with Gasteiger partial charge in [0, 0.05) is 6.07 Å². The molecule has 0 radical (unpaired) electrons. The first kappa shape index (κ1) is 18.1. The third kappa shape index (κ3) is 3.35. The first-order chi connectivity index (χ1) is 12.3. The third-order valence-electron chi connectivity index (χ3n) is 4.08.